The minimum Gasteiger partial charge on any atom is -0.347 e. The number of hydrazine groups is 1. The van der Waals surface area contributed by atoms with Gasteiger partial charge < -0.3 is 15.6 Å². The molecule has 2 rings (SSSR count). The smallest absolute Gasteiger partial charge is 0.253 e. The Morgan fingerprint density at radius 3 is 2.95 bits per heavy atom. The summed E-state index contributed by atoms with van der Waals surface area (Å²) in [6, 6.07) is 1.44. The summed E-state index contributed by atoms with van der Waals surface area (Å²) >= 11 is 5.92. The first kappa shape index (κ1) is 14.5. The number of nitrogens with two attached hydrogens (primary N) is 1. The number of likely N-dealkylation sites (N-methyl/N-ethyl adjacent to an activating group) is 1. The molecular weight excluding hydrogens is 282 g/mol. The zero-order valence-corrected chi connectivity index (χ0v) is 11.8. The van der Waals surface area contributed by atoms with Crippen molar-refractivity contribution >= 4 is 29.2 Å². The molecule has 4 N–H and O–H groups in total. The van der Waals surface area contributed by atoms with Crippen molar-refractivity contribution in [1.29, 1.82) is 0 Å². The lowest BCUT2D eigenvalue weighted by atomic mass is 10.1. The highest BCUT2D eigenvalue weighted by Crippen LogP contribution is 2.19. The number of halogens is 1. The van der Waals surface area contributed by atoms with Crippen molar-refractivity contribution < 1.29 is 9.59 Å². The molecule has 0 aliphatic carbocycles. The fourth-order valence-electron chi connectivity index (χ4n) is 2.07. The first-order valence-corrected chi connectivity index (χ1v) is 6.56. The maximum atomic E-state index is 12.1. The molecule has 0 radical (unpaired) electrons. The lowest BCUT2D eigenvalue weighted by Gasteiger charge is -2.30. The Hall–Kier alpha value is -1.86. The van der Waals surface area contributed by atoms with Crippen LogP contribution in [0.25, 0.3) is 0 Å². The Balaban J connectivity index is 2.01. The third-order valence-electron chi connectivity index (χ3n) is 3.20. The number of nitrogens with zero attached hydrogens (tertiary/aromatic N) is 2. The minimum absolute atomic E-state index is 0.0590. The monoisotopic (exact) mass is 297 g/mol. The first-order chi connectivity index (χ1) is 9.51. The molecule has 1 fully saturated rings. The van der Waals surface area contributed by atoms with Crippen LogP contribution in [0.3, 0.4) is 0 Å². The van der Waals surface area contributed by atoms with Crippen molar-refractivity contribution in [1.82, 2.24) is 15.2 Å². The van der Waals surface area contributed by atoms with Gasteiger partial charge in [0.2, 0.25) is 5.91 Å². The Bertz CT molecular complexity index is 537. The molecular formula is C12H16ClN5O2. The molecule has 1 atom stereocenters. The number of hydrogen-bond donors (Lipinski definition) is 3. The molecule has 2 amide bonds. The van der Waals surface area contributed by atoms with E-state index in [2.05, 4.69) is 15.7 Å². The first-order valence-electron chi connectivity index (χ1n) is 6.18. The van der Waals surface area contributed by atoms with Crippen LogP contribution in [0.5, 0.6) is 0 Å². The van der Waals surface area contributed by atoms with Crippen LogP contribution in [-0.4, -0.2) is 41.3 Å². The van der Waals surface area contributed by atoms with E-state index in [1.807, 2.05) is 0 Å². The van der Waals surface area contributed by atoms with E-state index in [0.29, 0.717) is 30.8 Å². The Kier molecular flexibility index (Phi) is 4.41. The predicted octanol–water partition coefficient (Wildman–Crippen LogP) is 0.371. The fraction of sp³-hybridized carbons (Fsp3) is 0.417. The summed E-state index contributed by atoms with van der Waals surface area (Å²) in [5.74, 6) is 5.36. The Labute approximate surface area is 121 Å². The molecule has 2 heterocycles. The van der Waals surface area contributed by atoms with Crippen LogP contribution in [0.15, 0.2) is 12.3 Å². The fourth-order valence-corrected chi connectivity index (χ4v) is 2.29. The third kappa shape index (κ3) is 3.17. The average molecular weight is 298 g/mol. The second kappa shape index (κ2) is 6.06. The van der Waals surface area contributed by atoms with Crippen molar-refractivity contribution in [3.63, 3.8) is 0 Å². The van der Waals surface area contributed by atoms with Crippen LogP contribution < -0.4 is 16.6 Å². The SMILES string of the molecule is CN1CC(NC(=O)c2cnc(NN)c(Cl)c2)CCC1=O. The molecule has 8 heteroatoms. The van der Waals surface area contributed by atoms with Crippen LogP contribution in [0.4, 0.5) is 5.82 Å². The number of likely N-dealkylation sites (tertiary alicyclic amines) is 1. The van der Waals surface area contributed by atoms with Gasteiger partial charge in [-0.15, -0.1) is 0 Å². The number of carbonyl (C=O) groups excluding carboxylic acids is 2. The highest BCUT2D eigenvalue weighted by Gasteiger charge is 2.24. The number of piperidine rings is 1. The lowest BCUT2D eigenvalue weighted by molar-refractivity contribution is -0.132. The van der Waals surface area contributed by atoms with Gasteiger partial charge in [0.1, 0.15) is 0 Å². The number of carbonyl (C=O) groups is 2. The molecule has 108 valence electrons. The molecule has 0 saturated carbocycles. The second-order valence-electron chi connectivity index (χ2n) is 4.68. The number of anilines is 1. The summed E-state index contributed by atoms with van der Waals surface area (Å²) in [7, 11) is 1.72. The van der Waals surface area contributed by atoms with Crippen molar-refractivity contribution in [2.75, 3.05) is 19.0 Å². The quantitative estimate of drug-likeness (QED) is 0.553. The van der Waals surface area contributed by atoms with Gasteiger partial charge >= 0.3 is 0 Å². The summed E-state index contributed by atoms with van der Waals surface area (Å²) < 4.78 is 0. The van der Waals surface area contributed by atoms with E-state index in [0.717, 1.165) is 0 Å². The van der Waals surface area contributed by atoms with Gasteiger partial charge in [0.25, 0.3) is 5.91 Å². The van der Waals surface area contributed by atoms with E-state index in [4.69, 9.17) is 17.4 Å². The summed E-state index contributed by atoms with van der Waals surface area (Å²) in [4.78, 5) is 29.0. The van der Waals surface area contributed by atoms with E-state index >= 15 is 0 Å². The molecule has 1 saturated heterocycles. The van der Waals surface area contributed by atoms with E-state index < -0.39 is 0 Å². The summed E-state index contributed by atoms with van der Waals surface area (Å²) in [6.45, 7) is 0.508. The van der Waals surface area contributed by atoms with E-state index in [1.54, 1.807) is 11.9 Å². The van der Waals surface area contributed by atoms with Gasteiger partial charge in [-0.2, -0.15) is 0 Å². The summed E-state index contributed by atoms with van der Waals surface area (Å²) in [6.07, 6.45) is 2.48. The van der Waals surface area contributed by atoms with Crippen LogP contribution in [0.1, 0.15) is 23.2 Å². The normalized spacial score (nSPS) is 18.9. The largest absolute Gasteiger partial charge is 0.347 e. The molecule has 1 aliphatic heterocycles. The number of aromatic nitrogens is 1. The van der Waals surface area contributed by atoms with Crippen LogP contribution in [0, 0.1) is 0 Å². The number of amides is 2. The van der Waals surface area contributed by atoms with Crippen molar-refractivity contribution in [2.24, 2.45) is 5.84 Å². The Morgan fingerprint density at radius 2 is 2.35 bits per heavy atom. The van der Waals surface area contributed by atoms with Gasteiger partial charge in [-0.25, -0.2) is 10.8 Å². The standard InChI is InChI=1S/C12H16ClN5O2/c1-18-6-8(2-3-10(18)19)16-12(20)7-4-9(13)11(17-14)15-5-7/h4-5,8H,2-3,6,14H2,1H3,(H,15,17)(H,16,20). The maximum Gasteiger partial charge on any atom is 0.253 e. The topological polar surface area (TPSA) is 100 Å². The van der Waals surface area contributed by atoms with Gasteiger partial charge in [0.15, 0.2) is 5.82 Å². The molecule has 20 heavy (non-hydrogen) atoms. The Morgan fingerprint density at radius 1 is 1.60 bits per heavy atom. The van der Waals surface area contributed by atoms with Crippen LogP contribution in [-0.2, 0) is 4.79 Å². The second-order valence-corrected chi connectivity index (χ2v) is 5.09. The van der Waals surface area contributed by atoms with Crippen LogP contribution >= 0.6 is 11.6 Å². The maximum absolute atomic E-state index is 12.1. The molecule has 1 aromatic rings. The molecule has 0 aromatic carbocycles. The zero-order valence-electron chi connectivity index (χ0n) is 11.0. The number of hydrogen-bond acceptors (Lipinski definition) is 5. The van der Waals surface area contributed by atoms with Crippen molar-refractivity contribution in [3.05, 3.63) is 22.8 Å². The van der Waals surface area contributed by atoms with Crippen molar-refractivity contribution in [3.8, 4) is 0 Å². The van der Waals surface area contributed by atoms with Crippen LogP contribution in [0.2, 0.25) is 5.02 Å². The van der Waals surface area contributed by atoms with Gasteiger partial charge in [-0.05, 0) is 12.5 Å². The zero-order chi connectivity index (χ0) is 14.7. The van der Waals surface area contributed by atoms with Gasteiger partial charge in [0, 0.05) is 32.3 Å². The van der Waals surface area contributed by atoms with Gasteiger partial charge in [-0.1, -0.05) is 11.6 Å². The highest BCUT2D eigenvalue weighted by atomic mass is 35.5. The average Bonchev–Trinajstić information content (AvgIpc) is 2.42. The number of pyridine rings is 1. The molecule has 1 aromatic heterocycles. The summed E-state index contributed by atoms with van der Waals surface area (Å²) in [5, 5.41) is 3.14. The van der Waals surface area contributed by atoms with E-state index in [-0.39, 0.29) is 22.9 Å². The molecule has 1 aliphatic rings. The molecule has 1 unspecified atom stereocenters. The van der Waals surface area contributed by atoms with Gasteiger partial charge in [0.05, 0.1) is 10.6 Å². The molecule has 0 bridgehead atoms. The van der Waals surface area contributed by atoms with Gasteiger partial charge in [-0.3, -0.25) is 9.59 Å². The number of rotatable bonds is 3. The summed E-state index contributed by atoms with van der Waals surface area (Å²) in [5.41, 5.74) is 2.69. The number of nitrogen functional groups attached to an aromatic ring is 1. The minimum atomic E-state index is -0.268. The van der Waals surface area contributed by atoms with E-state index in [9.17, 15) is 9.59 Å². The number of nitrogens with one attached hydrogen (secondary N) is 2. The third-order valence-corrected chi connectivity index (χ3v) is 3.49. The van der Waals surface area contributed by atoms with E-state index in [1.165, 1.54) is 12.3 Å². The lowest BCUT2D eigenvalue weighted by Crippen LogP contribution is -2.48. The molecule has 0 spiro atoms. The molecule has 7 nitrogen and oxygen atoms in total. The highest BCUT2D eigenvalue weighted by molar-refractivity contribution is 6.33. The van der Waals surface area contributed by atoms with Crippen molar-refractivity contribution in [2.45, 2.75) is 18.9 Å². The predicted molar refractivity (Wildman–Crippen MR) is 75.2 cm³/mol.